The number of ether oxygens (including phenoxy) is 1. The van der Waals surface area contributed by atoms with E-state index in [0.717, 1.165) is 11.0 Å². The highest BCUT2D eigenvalue weighted by Gasteiger charge is 2.46. The summed E-state index contributed by atoms with van der Waals surface area (Å²) in [5.41, 5.74) is 8.11. The molecule has 0 saturated carbocycles. The van der Waals surface area contributed by atoms with Crippen molar-refractivity contribution in [2.45, 2.75) is 31.4 Å². The number of aromatic nitrogens is 4. The first-order valence-corrected chi connectivity index (χ1v) is 10.9. The average molecular weight is 430 g/mol. The van der Waals surface area contributed by atoms with Gasteiger partial charge in [0.1, 0.15) is 16.0 Å². The molecule has 0 aliphatic heterocycles. The molecule has 9 nitrogen and oxygen atoms in total. The Kier molecular flexibility index (Phi) is 4.78. The Labute approximate surface area is 174 Å². The van der Waals surface area contributed by atoms with Crippen LogP contribution in [0.5, 0.6) is 5.75 Å². The average Bonchev–Trinajstić information content (AvgIpc) is 3.12. The number of anilines is 1. The fourth-order valence-electron chi connectivity index (χ4n) is 3.91. The third-order valence-electron chi connectivity index (χ3n) is 5.73. The van der Waals surface area contributed by atoms with Crippen molar-refractivity contribution in [1.82, 2.24) is 19.6 Å². The van der Waals surface area contributed by atoms with Gasteiger partial charge in [0.15, 0.2) is 11.5 Å². The largest absolute Gasteiger partial charge is 0.494 e. The third-order valence-corrected chi connectivity index (χ3v) is 7.39. The molecular weight excluding hydrogens is 406 g/mol. The molecule has 30 heavy (non-hydrogen) atoms. The van der Waals surface area contributed by atoms with Crippen LogP contribution < -0.4 is 10.5 Å². The molecule has 10 heteroatoms. The van der Waals surface area contributed by atoms with E-state index in [4.69, 9.17) is 10.5 Å². The molecule has 0 fully saturated rings. The van der Waals surface area contributed by atoms with Crippen molar-refractivity contribution in [2.75, 3.05) is 12.8 Å². The van der Waals surface area contributed by atoms with Crippen molar-refractivity contribution in [3.05, 3.63) is 47.8 Å². The number of allylic oxidation sites excluding steroid dienone is 3. The highest BCUT2D eigenvalue weighted by molar-refractivity contribution is 7.87. The number of nitrogens with two attached hydrogens (primary N) is 1. The number of para-hydroxylation sites is 1. The van der Waals surface area contributed by atoms with Crippen LogP contribution in [0.2, 0.25) is 0 Å². The van der Waals surface area contributed by atoms with Crippen LogP contribution in [0.15, 0.2) is 42.0 Å². The Morgan fingerprint density at radius 3 is 2.77 bits per heavy atom. The number of hydrogen-bond acceptors (Lipinski definition) is 7. The van der Waals surface area contributed by atoms with E-state index in [1.54, 1.807) is 32.3 Å². The van der Waals surface area contributed by atoms with E-state index < -0.39 is 20.8 Å². The maximum atomic E-state index is 12.3. The summed E-state index contributed by atoms with van der Waals surface area (Å²) < 4.78 is 40.0. The summed E-state index contributed by atoms with van der Waals surface area (Å²) in [6, 6.07) is 5.45. The monoisotopic (exact) mass is 429 g/mol. The minimum Gasteiger partial charge on any atom is -0.494 e. The fourth-order valence-corrected chi connectivity index (χ4v) is 5.03. The maximum absolute atomic E-state index is 12.3. The molecule has 0 amide bonds. The summed E-state index contributed by atoms with van der Waals surface area (Å²) in [5.74, 6) is 0.642. The van der Waals surface area contributed by atoms with Crippen LogP contribution in [0.25, 0.3) is 16.6 Å². The van der Waals surface area contributed by atoms with E-state index in [0.29, 0.717) is 22.7 Å². The molecule has 2 heterocycles. The Morgan fingerprint density at radius 1 is 1.37 bits per heavy atom. The number of methoxy groups -OCH3 is 1. The van der Waals surface area contributed by atoms with Gasteiger partial charge in [-0.1, -0.05) is 36.8 Å². The van der Waals surface area contributed by atoms with Gasteiger partial charge in [0.05, 0.1) is 7.11 Å². The molecule has 1 aliphatic carbocycles. The van der Waals surface area contributed by atoms with Gasteiger partial charge in [-0.05, 0) is 31.4 Å². The first-order chi connectivity index (χ1) is 14.2. The van der Waals surface area contributed by atoms with Gasteiger partial charge in [-0.15, -0.1) is 5.10 Å². The minimum absolute atomic E-state index is 0.147. The number of benzene rings is 1. The lowest BCUT2D eigenvalue weighted by atomic mass is 9.83. The zero-order valence-corrected chi connectivity index (χ0v) is 17.7. The summed E-state index contributed by atoms with van der Waals surface area (Å²) >= 11 is 0. The van der Waals surface area contributed by atoms with Gasteiger partial charge in [0, 0.05) is 11.8 Å². The topological polar surface area (TPSA) is 133 Å². The van der Waals surface area contributed by atoms with Crippen molar-refractivity contribution >= 4 is 32.6 Å². The Balaban J connectivity index is 1.78. The lowest BCUT2D eigenvalue weighted by Gasteiger charge is -2.34. The zero-order chi connectivity index (χ0) is 21.7. The van der Waals surface area contributed by atoms with E-state index in [9.17, 15) is 13.0 Å². The van der Waals surface area contributed by atoms with Crippen LogP contribution in [0.4, 0.5) is 5.95 Å². The van der Waals surface area contributed by atoms with Gasteiger partial charge in [0.2, 0.25) is 5.95 Å². The molecule has 3 N–H and O–H groups in total. The highest BCUT2D eigenvalue weighted by Crippen LogP contribution is 2.37. The van der Waals surface area contributed by atoms with E-state index in [-0.39, 0.29) is 18.8 Å². The van der Waals surface area contributed by atoms with Crippen molar-refractivity contribution < 1.29 is 17.7 Å². The Morgan fingerprint density at radius 2 is 2.13 bits per heavy atom. The number of rotatable bonds is 5. The summed E-state index contributed by atoms with van der Waals surface area (Å²) in [7, 11) is -2.81. The second-order valence-corrected chi connectivity index (χ2v) is 9.32. The van der Waals surface area contributed by atoms with Crippen molar-refractivity contribution in [3.63, 3.8) is 0 Å². The van der Waals surface area contributed by atoms with E-state index >= 15 is 0 Å². The van der Waals surface area contributed by atoms with Crippen LogP contribution in [-0.4, -0.2) is 44.4 Å². The summed E-state index contributed by atoms with van der Waals surface area (Å²) in [6.07, 6.45) is 5.50. The summed E-state index contributed by atoms with van der Waals surface area (Å²) in [4.78, 5) is 8.98. The number of fused-ring (bicyclic) bond motifs is 3. The molecule has 0 bridgehead atoms. The Hall–Kier alpha value is -2.98. The first-order valence-electron chi connectivity index (χ1n) is 9.47. The zero-order valence-electron chi connectivity index (χ0n) is 16.9. The molecule has 158 valence electrons. The van der Waals surface area contributed by atoms with Gasteiger partial charge in [-0.3, -0.25) is 4.55 Å². The standard InChI is InChI=1S/C20H23N5O4S/c1-12-7-9-20(10-8-12,30(26,27)28)13(2)11-16-22-18-14-5-4-6-15(29-3)17(14)23-19(21)25(18)24-16/h4-9,13H,10-11H2,1-3H3,(H2,21,23)(H,26,27,28). The number of nitrogens with zero attached hydrogens (tertiary/aromatic N) is 4. The number of hydrogen-bond donors (Lipinski definition) is 2. The molecule has 0 spiro atoms. The lowest BCUT2D eigenvalue weighted by Crippen LogP contribution is -2.44. The van der Waals surface area contributed by atoms with Crippen LogP contribution in [0.1, 0.15) is 26.1 Å². The molecule has 0 radical (unpaired) electrons. The van der Waals surface area contributed by atoms with E-state index in [2.05, 4.69) is 15.1 Å². The molecular formula is C20H23N5O4S. The molecule has 2 atom stereocenters. The molecule has 4 rings (SSSR count). The Bertz CT molecular complexity index is 1310. The molecule has 2 unspecified atom stereocenters. The number of nitrogen functional groups attached to an aromatic ring is 1. The van der Waals surface area contributed by atoms with Crippen LogP contribution >= 0.6 is 0 Å². The third kappa shape index (κ3) is 3.12. The smallest absolute Gasteiger partial charge is 0.274 e. The van der Waals surface area contributed by atoms with E-state index in [1.165, 1.54) is 4.52 Å². The van der Waals surface area contributed by atoms with Gasteiger partial charge in [-0.2, -0.15) is 12.9 Å². The second kappa shape index (κ2) is 7.06. The summed E-state index contributed by atoms with van der Waals surface area (Å²) in [6.45, 7) is 3.65. The van der Waals surface area contributed by atoms with Crippen LogP contribution in [-0.2, 0) is 16.5 Å². The quantitative estimate of drug-likeness (QED) is 0.591. The SMILES string of the molecule is COc1cccc2c1nc(N)n1nc(CC(C)C3(S(=O)(=O)O)C=CC(C)=CC3)nc21. The lowest BCUT2D eigenvalue weighted by molar-refractivity contribution is 0.377. The first kappa shape index (κ1) is 20.3. The van der Waals surface area contributed by atoms with Crippen LogP contribution in [0, 0.1) is 5.92 Å². The second-order valence-electron chi connectivity index (χ2n) is 7.61. The predicted molar refractivity (Wildman–Crippen MR) is 114 cm³/mol. The van der Waals surface area contributed by atoms with Crippen LogP contribution in [0.3, 0.4) is 0 Å². The highest BCUT2D eigenvalue weighted by atomic mass is 32.2. The van der Waals surface area contributed by atoms with Gasteiger partial charge >= 0.3 is 0 Å². The maximum Gasteiger partial charge on any atom is 0.274 e. The molecule has 1 aromatic carbocycles. The van der Waals surface area contributed by atoms with Crippen molar-refractivity contribution in [2.24, 2.45) is 5.92 Å². The van der Waals surface area contributed by atoms with E-state index in [1.807, 2.05) is 25.1 Å². The summed E-state index contributed by atoms with van der Waals surface area (Å²) in [5, 5.41) is 5.16. The van der Waals surface area contributed by atoms with Crippen molar-refractivity contribution in [3.8, 4) is 5.75 Å². The van der Waals surface area contributed by atoms with Gasteiger partial charge < -0.3 is 10.5 Å². The van der Waals surface area contributed by atoms with Crippen molar-refractivity contribution in [1.29, 1.82) is 0 Å². The van der Waals surface area contributed by atoms with Gasteiger partial charge in [-0.25, -0.2) is 9.97 Å². The normalized spacial score (nSPS) is 20.5. The molecule has 0 saturated heterocycles. The predicted octanol–water partition coefficient (Wildman–Crippen LogP) is 2.58. The van der Waals surface area contributed by atoms with Gasteiger partial charge in [0.25, 0.3) is 10.1 Å². The molecule has 1 aliphatic rings. The fraction of sp³-hybridized carbons (Fsp3) is 0.350. The molecule has 3 aromatic rings. The minimum atomic E-state index is -4.36. The molecule has 2 aromatic heterocycles.